The normalized spacial score (nSPS) is 19.4. The van der Waals surface area contributed by atoms with Crippen LogP contribution in [0, 0.1) is 0 Å². The highest BCUT2D eigenvalue weighted by molar-refractivity contribution is 6.29. The summed E-state index contributed by atoms with van der Waals surface area (Å²) < 4.78 is 10.6. The first kappa shape index (κ1) is 24.4. The highest BCUT2D eigenvalue weighted by atomic mass is 35.5. The molecule has 0 saturated carbocycles. The molecule has 0 radical (unpaired) electrons. The van der Waals surface area contributed by atoms with Crippen molar-refractivity contribution in [3.63, 3.8) is 0 Å². The molecule has 2 saturated heterocycles. The molecule has 0 amide bonds. The largest absolute Gasteiger partial charge is 0.399 e. The second-order valence-corrected chi connectivity index (χ2v) is 7.41. The molecule has 2 bridgehead atoms. The molecule has 2 atom stereocenters. The van der Waals surface area contributed by atoms with E-state index in [1.807, 2.05) is 51.1 Å². The molecule has 2 aromatic rings. The van der Waals surface area contributed by atoms with Crippen molar-refractivity contribution in [1.82, 2.24) is 9.97 Å². The highest BCUT2D eigenvalue weighted by Crippen LogP contribution is 2.34. The van der Waals surface area contributed by atoms with E-state index in [9.17, 15) is 0 Å². The number of ether oxygens (including phenoxy) is 2. The smallest absolute Gasteiger partial charge is 0.163 e. The van der Waals surface area contributed by atoms with E-state index in [-0.39, 0.29) is 0 Å². The number of morpholine rings is 1. The maximum Gasteiger partial charge on any atom is 0.163 e. The van der Waals surface area contributed by atoms with Crippen LogP contribution in [0.2, 0.25) is 5.15 Å². The molecule has 1 aromatic heterocycles. The predicted molar refractivity (Wildman–Crippen MR) is 125 cm³/mol. The highest BCUT2D eigenvalue weighted by Gasteiger charge is 2.38. The molecular weight excluding hydrogens is 400 g/mol. The van der Waals surface area contributed by atoms with Crippen LogP contribution in [-0.4, -0.2) is 48.5 Å². The quantitative estimate of drug-likeness (QED) is 0.395. The van der Waals surface area contributed by atoms with E-state index in [1.54, 1.807) is 0 Å². The fourth-order valence-corrected chi connectivity index (χ4v) is 3.77. The van der Waals surface area contributed by atoms with E-state index in [2.05, 4.69) is 16.8 Å². The minimum Gasteiger partial charge on any atom is -0.399 e. The van der Waals surface area contributed by atoms with E-state index in [1.165, 1.54) is 0 Å². The average molecular weight is 435 g/mol. The lowest BCUT2D eigenvalue weighted by Crippen LogP contribution is -2.46. The molecule has 2 unspecified atom stereocenters. The van der Waals surface area contributed by atoms with E-state index in [0.29, 0.717) is 23.1 Å². The van der Waals surface area contributed by atoms with Gasteiger partial charge >= 0.3 is 0 Å². The van der Waals surface area contributed by atoms with Crippen molar-refractivity contribution in [3.05, 3.63) is 35.5 Å². The van der Waals surface area contributed by atoms with E-state index < -0.39 is 0 Å². The van der Waals surface area contributed by atoms with Crippen molar-refractivity contribution in [2.75, 3.05) is 37.1 Å². The van der Waals surface area contributed by atoms with Crippen LogP contribution in [-0.2, 0) is 9.47 Å². The molecule has 166 valence electrons. The number of benzene rings is 1. The summed E-state index contributed by atoms with van der Waals surface area (Å²) in [5.41, 5.74) is 7.37. The molecule has 2 aliphatic heterocycles. The minimum absolute atomic E-state index is 0.393. The van der Waals surface area contributed by atoms with Gasteiger partial charge in [-0.25, -0.2) is 9.97 Å². The number of nitrogens with zero attached hydrogens (tertiary/aromatic N) is 3. The minimum atomic E-state index is 0.393. The van der Waals surface area contributed by atoms with Crippen LogP contribution in [0.15, 0.2) is 30.3 Å². The summed E-state index contributed by atoms with van der Waals surface area (Å²) in [6.07, 6.45) is 3.42. The second-order valence-electron chi connectivity index (χ2n) is 7.02. The van der Waals surface area contributed by atoms with Gasteiger partial charge in [0.25, 0.3) is 0 Å². The van der Waals surface area contributed by atoms with Gasteiger partial charge in [-0.05, 0) is 50.5 Å². The van der Waals surface area contributed by atoms with Gasteiger partial charge in [-0.1, -0.05) is 32.4 Å². The van der Waals surface area contributed by atoms with Crippen LogP contribution in [0.3, 0.4) is 0 Å². The van der Waals surface area contributed by atoms with Crippen LogP contribution in [0.4, 0.5) is 11.5 Å². The first-order valence-electron chi connectivity index (χ1n) is 11.0. The van der Waals surface area contributed by atoms with Crippen molar-refractivity contribution in [2.24, 2.45) is 0 Å². The molecule has 0 spiro atoms. The van der Waals surface area contributed by atoms with Crippen molar-refractivity contribution >= 4 is 23.1 Å². The second kappa shape index (κ2) is 12.7. The van der Waals surface area contributed by atoms with Gasteiger partial charge in [0.1, 0.15) is 11.0 Å². The number of hydrogen-bond donors (Lipinski definition) is 1. The number of anilines is 2. The lowest BCUT2D eigenvalue weighted by Gasteiger charge is -2.35. The Hall–Kier alpha value is -1.89. The zero-order valence-corrected chi connectivity index (χ0v) is 19.4. The van der Waals surface area contributed by atoms with Crippen molar-refractivity contribution in [1.29, 1.82) is 0 Å². The van der Waals surface area contributed by atoms with E-state index in [4.69, 9.17) is 31.8 Å². The van der Waals surface area contributed by atoms with Crippen molar-refractivity contribution in [3.8, 4) is 11.4 Å². The topological polar surface area (TPSA) is 73.5 Å². The summed E-state index contributed by atoms with van der Waals surface area (Å²) in [6, 6.07) is 10.2. The number of nitrogen functional groups attached to an aromatic ring is 1. The number of aromatic nitrogens is 2. The first-order chi connectivity index (χ1) is 14.6. The fraction of sp³-hybridized carbons (Fsp3) is 0.565. The molecule has 6 nitrogen and oxygen atoms in total. The van der Waals surface area contributed by atoms with Crippen LogP contribution >= 0.6 is 11.6 Å². The van der Waals surface area contributed by atoms with Gasteiger partial charge in [-0.15, -0.1) is 0 Å². The van der Waals surface area contributed by atoms with Gasteiger partial charge < -0.3 is 20.1 Å². The predicted octanol–water partition coefficient (Wildman–Crippen LogP) is 5.21. The Kier molecular flexibility index (Phi) is 10.3. The summed E-state index contributed by atoms with van der Waals surface area (Å²) in [4.78, 5) is 11.4. The van der Waals surface area contributed by atoms with Gasteiger partial charge in [0.05, 0.1) is 25.3 Å². The molecule has 7 heteroatoms. The molecule has 30 heavy (non-hydrogen) atoms. The monoisotopic (exact) mass is 434 g/mol. The van der Waals surface area contributed by atoms with Crippen LogP contribution in [0.25, 0.3) is 11.4 Å². The summed E-state index contributed by atoms with van der Waals surface area (Å²) in [6.45, 7) is 11.4. The van der Waals surface area contributed by atoms with Crippen molar-refractivity contribution < 1.29 is 9.47 Å². The summed E-state index contributed by atoms with van der Waals surface area (Å²) in [5.74, 6) is 1.52. The van der Waals surface area contributed by atoms with E-state index >= 15 is 0 Å². The lowest BCUT2D eigenvalue weighted by atomic mass is 10.2. The molecule has 4 rings (SSSR count). The molecule has 0 aliphatic carbocycles. The molecule has 2 aliphatic rings. The van der Waals surface area contributed by atoms with Crippen molar-refractivity contribution in [2.45, 2.75) is 59.0 Å². The standard InChI is InChI=1S/C16H17ClN4O.C5H12O.C2H6/c17-14-7-15(21-12-5-6-13(21)9-22-8-12)20-16(19-14)10-1-3-11(18)4-2-10;1-3-5-6-4-2;1-2/h1-4,7,12-13H,5-6,8-9,18H2;3-5H2,1-2H3;1-2H3. The van der Waals surface area contributed by atoms with Gasteiger partial charge in [0.15, 0.2) is 5.82 Å². The lowest BCUT2D eigenvalue weighted by molar-refractivity contribution is 0.0902. The number of halogens is 1. The molecular formula is C23H35ClN4O2. The number of nitrogens with two attached hydrogens (primary N) is 1. The molecule has 2 fully saturated rings. The average Bonchev–Trinajstić information content (AvgIpc) is 3.02. The maximum absolute atomic E-state index is 6.23. The van der Waals surface area contributed by atoms with Gasteiger partial charge in [0, 0.05) is 30.5 Å². The maximum atomic E-state index is 6.23. The first-order valence-corrected chi connectivity index (χ1v) is 11.3. The Balaban J connectivity index is 0.000000348. The zero-order valence-electron chi connectivity index (χ0n) is 18.6. The number of hydrogen-bond acceptors (Lipinski definition) is 6. The summed E-state index contributed by atoms with van der Waals surface area (Å²) in [5, 5.41) is 0.461. The Morgan fingerprint density at radius 1 is 1.10 bits per heavy atom. The van der Waals surface area contributed by atoms with Gasteiger partial charge in [0.2, 0.25) is 0 Å². The third kappa shape index (κ3) is 6.56. The van der Waals surface area contributed by atoms with Gasteiger partial charge in [-0.3, -0.25) is 0 Å². The summed E-state index contributed by atoms with van der Waals surface area (Å²) >= 11 is 6.23. The Bertz CT molecular complexity index is 737. The number of rotatable bonds is 5. The fourth-order valence-electron chi connectivity index (χ4n) is 3.59. The van der Waals surface area contributed by atoms with Gasteiger partial charge in [-0.2, -0.15) is 0 Å². The van der Waals surface area contributed by atoms with Crippen LogP contribution in [0.5, 0.6) is 0 Å². The Labute approximate surface area is 185 Å². The molecule has 2 N–H and O–H groups in total. The molecule has 3 heterocycles. The van der Waals surface area contributed by atoms with E-state index in [0.717, 1.165) is 62.8 Å². The van der Waals surface area contributed by atoms with Crippen LogP contribution in [0.1, 0.15) is 47.0 Å². The summed E-state index contributed by atoms with van der Waals surface area (Å²) in [7, 11) is 0. The Morgan fingerprint density at radius 2 is 1.73 bits per heavy atom. The zero-order chi connectivity index (χ0) is 21.9. The van der Waals surface area contributed by atoms with Crippen LogP contribution < -0.4 is 10.6 Å². The SMILES string of the molecule is CC.CCCOCC.Nc1ccc(-c2nc(Cl)cc(N3C4CCC3COC4)n2)cc1. The third-order valence-corrected chi connectivity index (χ3v) is 5.10. The third-order valence-electron chi connectivity index (χ3n) is 4.91. The molecule has 1 aromatic carbocycles. The number of fused-ring (bicyclic) bond motifs is 2. The Morgan fingerprint density at radius 3 is 2.27 bits per heavy atom.